The van der Waals surface area contributed by atoms with Crippen LogP contribution in [-0.2, 0) is 11.3 Å². The molecule has 0 aliphatic rings. The Hall–Kier alpha value is -1.52. The van der Waals surface area contributed by atoms with E-state index >= 15 is 0 Å². The summed E-state index contributed by atoms with van der Waals surface area (Å²) in [6.45, 7) is 9.32. The quantitative estimate of drug-likeness (QED) is 0.748. The summed E-state index contributed by atoms with van der Waals surface area (Å²) in [5.74, 6) is -0.0358. The first kappa shape index (κ1) is 13.5. The van der Waals surface area contributed by atoms with Crippen LogP contribution in [0.15, 0.2) is 6.20 Å². The average Bonchev–Trinajstić information content (AvgIpc) is 2.63. The molecule has 0 unspecified atom stereocenters. The summed E-state index contributed by atoms with van der Waals surface area (Å²) in [6.07, 6.45) is 1.54. The van der Waals surface area contributed by atoms with Gasteiger partial charge in [0.25, 0.3) is 0 Å². The van der Waals surface area contributed by atoms with Gasteiger partial charge in [-0.15, -0.1) is 5.10 Å². The van der Waals surface area contributed by atoms with Gasteiger partial charge in [-0.05, 0) is 0 Å². The molecule has 5 nitrogen and oxygen atoms in total. The SMILES string of the molecule is CC(C)C(=O)Cn1cc(C(=O)C(C)(C)C)nn1. The van der Waals surface area contributed by atoms with Gasteiger partial charge < -0.3 is 0 Å². The minimum Gasteiger partial charge on any atom is -0.297 e. The normalized spacial score (nSPS) is 11.9. The largest absolute Gasteiger partial charge is 0.297 e. The van der Waals surface area contributed by atoms with E-state index in [1.54, 1.807) is 0 Å². The molecule has 0 aliphatic carbocycles. The van der Waals surface area contributed by atoms with Crippen LogP contribution in [0.4, 0.5) is 0 Å². The first-order chi connectivity index (χ1) is 7.71. The van der Waals surface area contributed by atoms with E-state index < -0.39 is 5.41 Å². The highest BCUT2D eigenvalue weighted by Crippen LogP contribution is 2.18. The van der Waals surface area contributed by atoms with Gasteiger partial charge >= 0.3 is 0 Å². The van der Waals surface area contributed by atoms with E-state index in [1.807, 2.05) is 34.6 Å². The van der Waals surface area contributed by atoms with Gasteiger partial charge in [0.05, 0.1) is 6.20 Å². The monoisotopic (exact) mass is 237 g/mol. The molecule has 0 spiro atoms. The van der Waals surface area contributed by atoms with Gasteiger partial charge in [-0.1, -0.05) is 39.8 Å². The molecule has 1 rings (SSSR count). The molecule has 0 atom stereocenters. The molecule has 0 bridgehead atoms. The zero-order valence-electron chi connectivity index (χ0n) is 11.0. The molecular formula is C12H19N3O2. The van der Waals surface area contributed by atoms with Crippen molar-refractivity contribution in [2.45, 2.75) is 41.2 Å². The zero-order chi connectivity index (χ0) is 13.2. The smallest absolute Gasteiger partial charge is 0.190 e. The molecule has 0 saturated heterocycles. The van der Waals surface area contributed by atoms with Crippen LogP contribution in [0.1, 0.15) is 45.1 Å². The Labute approximate surface area is 101 Å². The van der Waals surface area contributed by atoms with Gasteiger partial charge in [-0.2, -0.15) is 0 Å². The summed E-state index contributed by atoms with van der Waals surface area (Å²) < 4.78 is 1.42. The Bertz CT molecular complexity index is 427. The third-order valence-corrected chi connectivity index (χ3v) is 2.41. The molecule has 0 aliphatic heterocycles. The third kappa shape index (κ3) is 3.47. The van der Waals surface area contributed by atoms with E-state index in [2.05, 4.69) is 10.3 Å². The molecule has 94 valence electrons. The molecule has 0 saturated carbocycles. The summed E-state index contributed by atoms with van der Waals surface area (Å²) in [7, 11) is 0. The average molecular weight is 237 g/mol. The fourth-order valence-corrected chi connectivity index (χ4v) is 1.21. The van der Waals surface area contributed by atoms with E-state index in [0.717, 1.165) is 0 Å². The van der Waals surface area contributed by atoms with Gasteiger partial charge in [0.15, 0.2) is 11.6 Å². The molecular weight excluding hydrogens is 218 g/mol. The van der Waals surface area contributed by atoms with E-state index in [0.29, 0.717) is 5.69 Å². The summed E-state index contributed by atoms with van der Waals surface area (Å²) in [5.41, 5.74) is -0.169. The fraction of sp³-hybridized carbons (Fsp3) is 0.667. The first-order valence-corrected chi connectivity index (χ1v) is 5.69. The third-order valence-electron chi connectivity index (χ3n) is 2.41. The van der Waals surface area contributed by atoms with Crippen molar-refractivity contribution in [3.63, 3.8) is 0 Å². The Balaban J connectivity index is 2.79. The van der Waals surface area contributed by atoms with Crippen molar-refractivity contribution in [2.24, 2.45) is 11.3 Å². The van der Waals surface area contributed by atoms with Crippen LogP contribution in [-0.4, -0.2) is 26.6 Å². The van der Waals surface area contributed by atoms with Crippen LogP contribution in [0, 0.1) is 11.3 Å². The molecule has 1 aromatic heterocycles. The number of Topliss-reactive ketones (excluding diaryl/α,β-unsaturated/α-hetero) is 2. The number of nitrogens with zero attached hydrogens (tertiary/aromatic N) is 3. The minimum absolute atomic E-state index is 0.0408. The van der Waals surface area contributed by atoms with Crippen molar-refractivity contribution < 1.29 is 9.59 Å². The predicted octanol–water partition coefficient (Wildman–Crippen LogP) is 1.73. The number of rotatable bonds is 4. The van der Waals surface area contributed by atoms with Crippen LogP contribution in [0.5, 0.6) is 0 Å². The summed E-state index contributed by atoms with van der Waals surface area (Å²) in [4.78, 5) is 23.4. The van der Waals surface area contributed by atoms with Crippen molar-refractivity contribution in [2.75, 3.05) is 0 Å². The van der Waals surface area contributed by atoms with E-state index in [4.69, 9.17) is 0 Å². The molecule has 1 aromatic rings. The molecule has 0 N–H and O–H groups in total. The molecule has 0 amide bonds. The van der Waals surface area contributed by atoms with Crippen LogP contribution in [0.25, 0.3) is 0 Å². The van der Waals surface area contributed by atoms with Crippen molar-refractivity contribution in [3.8, 4) is 0 Å². The maximum absolute atomic E-state index is 11.9. The van der Waals surface area contributed by atoms with Crippen LogP contribution < -0.4 is 0 Å². The van der Waals surface area contributed by atoms with Crippen LogP contribution in [0.3, 0.4) is 0 Å². The van der Waals surface area contributed by atoms with Gasteiger partial charge in [0.2, 0.25) is 0 Å². The minimum atomic E-state index is -0.483. The van der Waals surface area contributed by atoms with Gasteiger partial charge in [-0.25, -0.2) is 4.68 Å². The number of hydrogen-bond donors (Lipinski definition) is 0. The zero-order valence-corrected chi connectivity index (χ0v) is 11.0. The second-order valence-electron chi connectivity index (χ2n) is 5.50. The lowest BCUT2D eigenvalue weighted by Crippen LogP contribution is -2.20. The summed E-state index contributed by atoms with van der Waals surface area (Å²) >= 11 is 0. The van der Waals surface area contributed by atoms with Crippen LogP contribution >= 0.6 is 0 Å². The Morgan fingerprint density at radius 2 is 1.94 bits per heavy atom. The second-order valence-corrected chi connectivity index (χ2v) is 5.50. The van der Waals surface area contributed by atoms with Crippen molar-refractivity contribution in [1.82, 2.24) is 15.0 Å². The number of aromatic nitrogens is 3. The topological polar surface area (TPSA) is 64.8 Å². The Kier molecular flexibility index (Phi) is 3.80. The summed E-state index contributed by atoms with van der Waals surface area (Å²) in [6, 6.07) is 0. The summed E-state index contributed by atoms with van der Waals surface area (Å²) in [5, 5.41) is 7.60. The maximum Gasteiger partial charge on any atom is 0.190 e. The number of hydrogen-bond acceptors (Lipinski definition) is 4. The lowest BCUT2D eigenvalue weighted by molar-refractivity contribution is -0.122. The number of ketones is 2. The molecule has 0 aromatic carbocycles. The number of carbonyl (C=O) groups is 2. The highest BCUT2D eigenvalue weighted by atomic mass is 16.1. The Morgan fingerprint density at radius 1 is 1.35 bits per heavy atom. The molecule has 5 heteroatoms. The molecule has 17 heavy (non-hydrogen) atoms. The predicted molar refractivity (Wildman–Crippen MR) is 63.7 cm³/mol. The molecule has 0 fully saturated rings. The van der Waals surface area contributed by atoms with Gasteiger partial charge in [0.1, 0.15) is 12.2 Å². The lowest BCUT2D eigenvalue weighted by Gasteiger charge is -2.13. The number of carbonyl (C=O) groups excluding carboxylic acids is 2. The van der Waals surface area contributed by atoms with Crippen molar-refractivity contribution >= 4 is 11.6 Å². The van der Waals surface area contributed by atoms with E-state index in [9.17, 15) is 9.59 Å². The first-order valence-electron chi connectivity index (χ1n) is 5.69. The van der Waals surface area contributed by atoms with Crippen molar-refractivity contribution in [3.05, 3.63) is 11.9 Å². The van der Waals surface area contributed by atoms with Crippen molar-refractivity contribution in [1.29, 1.82) is 0 Å². The standard InChI is InChI=1S/C12H19N3O2/c1-8(2)10(16)7-15-6-9(13-14-15)11(17)12(3,4)5/h6,8H,7H2,1-5H3. The highest BCUT2D eigenvalue weighted by molar-refractivity contribution is 5.97. The van der Waals surface area contributed by atoms with Gasteiger partial charge in [-0.3, -0.25) is 9.59 Å². The van der Waals surface area contributed by atoms with E-state index in [1.165, 1.54) is 10.9 Å². The van der Waals surface area contributed by atoms with Gasteiger partial charge in [0, 0.05) is 11.3 Å². The molecule has 0 radical (unpaired) electrons. The highest BCUT2D eigenvalue weighted by Gasteiger charge is 2.25. The maximum atomic E-state index is 11.9. The lowest BCUT2D eigenvalue weighted by atomic mass is 9.89. The Morgan fingerprint density at radius 3 is 2.41 bits per heavy atom. The second kappa shape index (κ2) is 4.77. The molecule has 1 heterocycles. The fourth-order valence-electron chi connectivity index (χ4n) is 1.21. The van der Waals surface area contributed by atoms with Crippen LogP contribution in [0.2, 0.25) is 0 Å². The van der Waals surface area contributed by atoms with E-state index in [-0.39, 0.29) is 24.0 Å².